The molecule has 6 heteroatoms. The molecule has 0 bridgehead atoms. The molecular formula is C15H27NO5. The van der Waals surface area contributed by atoms with Gasteiger partial charge in [-0.2, -0.15) is 0 Å². The summed E-state index contributed by atoms with van der Waals surface area (Å²) in [5, 5.41) is 9.22. The number of aliphatic hydroxyl groups excluding tert-OH is 1. The van der Waals surface area contributed by atoms with Gasteiger partial charge in [0.1, 0.15) is 5.60 Å². The summed E-state index contributed by atoms with van der Waals surface area (Å²) in [4.78, 5) is 13.9. The van der Waals surface area contributed by atoms with Crippen LogP contribution in [0.2, 0.25) is 0 Å². The zero-order valence-electron chi connectivity index (χ0n) is 13.3. The van der Waals surface area contributed by atoms with Crippen molar-refractivity contribution in [3.05, 3.63) is 0 Å². The predicted molar refractivity (Wildman–Crippen MR) is 76.9 cm³/mol. The van der Waals surface area contributed by atoms with Crippen LogP contribution in [0.4, 0.5) is 4.79 Å². The molecule has 21 heavy (non-hydrogen) atoms. The fourth-order valence-electron chi connectivity index (χ4n) is 2.99. The molecule has 1 amide bonds. The smallest absolute Gasteiger partial charge is 0.410 e. The van der Waals surface area contributed by atoms with Gasteiger partial charge in [-0.25, -0.2) is 4.79 Å². The average Bonchev–Trinajstić information content (AvgIpc) is 2.84. The number of aliphatic hydroxyl groups is 1. The van der Waals surface area contributed by atoms with Crippen molar-refractivity contribution >= 4 is 6.09 Å². The van der Waals surface area contributed by atoms with E-state index in [0.29, 0.717) is 19.8 Å². The summed E-state index contributed by atoms with van der Waals surface area (Å²) in [7, 11) is 0. The van der Waals surface area contributed by atoms with Crippen LogP contribution in [-0.4, -0.2) is 59.9 Å². The highest BCUT2D eigenvalue weighted by atomic mass is 16.7. The molecular weight excluding hydrogens is 274 g/mol. The molecule has 0 aromatic carbocycles. The largest absolute Gasteiger partial charge is 0.444 e. The molecule has 2 rings (SSSR count). The summed E-state index contributed by atoms with van der Waals surface area (Å²) >= 11 is 0. The zero-order chi connectivity index (χ0) is 15.5. The Balaban J connectivity index is 1.94. The second-order valence-electron chi connectivity index (χ2n) is 6.74. The molecule has 1 heterocycles. The molecule has 0 aromatic rings. The Kier molecular flexibility index (Phi) is 5.11. The zero-order valence-corrected chi connectivity index (χ0v) is 13.3. The van der Waals surface area contributed by atoms with E-state index in [-0.39, 0.29) is 18.7 Å². The number of nitrogens with zero attached hydrogens (tertiary/aromatic N) is 1. The van der Waals surface area contributed by atoms with Crippen molar-refractivity contribution in [1.29, 1.82) is 0 Å². The van der Waals surface area contributed by atoms with E-state index in [1.54, 1.807) is 4.90 Å². The Hall–Kier alpha value is -0.850. The number of rotatable bonds is 3. The first-order valence-corrected chi connectivity index (χ1v) is 7.74. The third-order valence-electron chi connectivity index (χ3n) is 3.94. The monoisotopic (exact) mass is 301 g/mol. The standard InChI is InChI=1S/C15H27NO5/c1-14(2,3)21-13(18)16(8-9-17)12-4-6-15(7-5-12)19-10-11-20-15/h12,17H,4-11H2,1-3H3. The van der Waals surface area contributed by atoms with Gasteiger partial charge in [0.15, 0.2) is 5.79 Å². The first kappa shape index (κ1) is 16.5. The van der Waals surface area contributed by atoms with Crippen molar-refractivity contribution in [2.24, 2.45) is 0 Å². The normalized spacial score (nSPS) is 22.5. The summed E-state index contributed by atoms with van der Waals surface area (Å²) < 4.78 is 16.8. The van der Waals surface area contributed by atoms with Gasteiger partial charge in [0.05, 0.1) is 19.8 Å². The van der Waals surface area contributed by atoms with Crippen LogP contribution in [0.3, 0.4) is 0 Å². The summed E-state index contributed by atoms with van der Waals surface area (Å²) in [6, 6.07) is 0.0745. The summed E-state index contributed by atoms with van der Waals surface area (Å²) in [5.41, 5.74) is -0.529. The lowest BCUT2D eigenvalue weighted by Crippen LogP contribution is -2.49. The van der Waals surface area contributed by atoms with Crippen molar-refractivity contribution in [2.75, 3.05) is 26.4 Å². The molecule has 0 atom stereocenters. The van der Waals surface area contributed by atoms with E-state index in [9.17, 15) is 9.90 Å². The Bertz CT molecular complexity index is 350. The molecule has 2 aliphatic rings. The van der Waals surface area contributed by atoms with Crippen LogP contribution in [0.15, 0.2) is 0 Å². The summed E-state index contributed by atoms with van der Waals surface area (Å²) in [5.74, 6) is -0.435. The first-order chi connectivity index (χ1) is 9.85. The number of hydrogen-bond donors (Lipinski definition) is 1. The molecule has 122 valence electrons. The number of carbonyl (C=O) groups excluding carboxylic acids is 1. The van der Waals surface area contributed by atoms with Crippen molar-refractivity contribution < 1.29 is 24.1 Å². The minimum absolute atomic E-state index is 0.0616. The SMILES string of the molecule is CC(C)(C)OC(=O)N(CCO)C1CCC2(CC1)OCCO2. The van der Waals surface area contributed by atoms with Crippen LogP contribution in [0.1, 0.15) is 46.5 Å². The maximum absolute atomic E-state index is 12.3. The van der Waals surface area contributed by atoms with E-state index in [2.05, 4.69) is 0 Å². The lowest BCUT2D eigenvalue weighted by atomic mass is 9.89. The van der Waals surface area contributed by atoms with Gasteiger partial charge < -0.3 is 24.2 Å². The molecule has 1 aliphatic heterocycles. The van der Waals surface area contributed by atoms with Crippen LogP contribution in [-0.2, 0) is 14.2 Å². The lowest BCUT2D eigenvalue weighted by Gasteiger charge is -2.40. The van der Waals surface area contributed by atoms with Crippen LogP contribution in [0.25, 0.3) is 0 Å². The molecule has 0 unspecified atom stereocenters. The van der Waals surface area contributed by atoms with Crippen molar-refractivity contribution in [1.82, 2.24) is 4.90 Å². The van der Waals surface area contributed by atoms with E-state index in [0.717, 1.165) is 25.7 Å². The van der Waals surface area contributed by atoms with E-state index in [1.807, 2.05) is 20.8 Å². The van der Waals surface area contributed by atoms with Gasteiger partial charge in [0, 0.05) is 25.4 Å². The van der Waals surface area contributed by atoms with Gasteiger partial charge in [-0.05, 0) is 33.6 Å². The number of carbonyl (C=O) groups is 1. The molecule has 0 radical (unpaired) electrons. The Morgan fingerprint density at radius 3 is 2.33 bits per heavy atom. The van der Waals surface area contributed by atoms with E-state index < -0.39 is 11.4 Å². The molecule has 0 aromatic heterocycles. The highest BCUT2D eigenvalue weighted by Crippen LogP contribution is 2.37. The number of hydrogen-bond acceptors (Lipinski definition) is 5. The molecule has 2 fully saturated rings. The van der Waals surface area contributed by atoms with Gasteiger partial charge in [-0.1, -0.05) is 0 Å². The summed E-state index contributed by atoms with van der Waals surface area (Å²) in [6.45, 7) is 7.07. The Labute approximate surface area is 126 Å². The van der Waals surface area contributed by atoms with Gasteiger partial charge in [0.2, 0.25) is 0 Å². The fourth-order valence-corrected chi connectivity index (χ4v) is 2.99. The van der Waals surface area contributed by atoms with Crippen LogP contribution >= 0.6 is 0 Å². The quantitative estimate of drug-likeness (QED) is 0.862. The highest BCUT2D eigenvalue weighted by molar-refractivity contribution is 5.68. The lowest BCUT2D eigenvalue weighted by molar-refractivity contribution is -0.183. The molecule has 1 saturated carbocycles. The summed E-state index contributed by atoms with van der Waals surface area (Å²) in [6.07, 6.45) is 2.81. The van der Waals surface area contributed by atoms with E-state index >= 15 is 0 Å². The molecule has 1 aliphatic carbocycles. The predicted octanol–water partition coefficient (Wildman–Crippen LogP) is 1.90. The van der Waals surface area contributed by atoms with Crippen LogP contribution in [0, 0.1) is 0 Å². The molecule has 1 saturated heterocycles. The average molecular weight is 301 g/mol. The van der Waals surface area contributed by atoms with Gasteiger partial charge >= 0.3 is 6.09 Å². The fraction of sp³-hybridized carbons (Fsp3) is 0.933. The van der Waals surface area contributed by atoms with Gasteiger partial charge in [-0.3, -0.25) is 0 Å². The van der Waals surface area contributed by atoms with E-state index in [1.165, 1.54) is 0 Å². The maximum atomic E-state index is 12.3. The first-order valence-electron chi connectivity index (χ1n) is 7.74. The van der Waals surface area contributed by atoms with Crippen molar-refractivity contribution in [3.63, 3.8) is 0 Å². The second kappa shape index (κ2) is 6.50. The highest BCUT2D eigenvalue weighted by Gasteiger charge is 2.42. The van der Waals surface area contributed by atoms with E-state index in [4.69, 9.17) is 14.2 Å². The van der Waals surface area contributed by atoms with Crippen LogP contribution in [0.5, 0.6) is 0 Å². The molecule has 1 spiro atoms. The Morgan fingerprint density at radius 2 is 1.86 bits per heavy atom. The number of ether oxygens (including phenoxy) is 3. The maximum Gasteiger partial charge on any atom is 0.410 e. The van der Waals surface area contributed by atoms with Gasteiger partial charge in [0.25, 0.3) is 0 Å². The molecule has 6 nitrogen and oxygen atoms in total. The van der Waals surface area contributed by atoms with Crippen LogP contribution < -0.4 is 0 Å². The van der Waals surface area contributed by atoms with Crippen molar-refractivity contribution in [3.8, 4) is 0 Å². The minimum Gasteiger partial charge on any atom is -0.444 e. The molecule has 1 N–H and O–H groups in total. The minimum atomic E-state index is -0.529. The second-order valence-corrected chi connectivity index (χ2v) is 6.74. The topological polar surface area (TPSA) is 68.2 Å². The Morgan fingerprint density at radius 1 is 1.29 bits per heavy atom. The van der Waals surface area contributed by atoms with Crippen molar-refractivity contribution in [2.45, 2.75) is 63.9 Å². The third kappa shape index (κ3) is 4.31. The van der Waals surface area contributed by atoms with Gasteiger partial charge in [-0.15, -0.1) is 0 Å². The number of amides is 1. The third-order valence-corrected chi connectivity index (χ3v) is 3.94.